The van der Waals surface area contributed by atoms with Crippen LogP contribution in [0.2, 0.25) is 0 Å². The molecule has 0 saturated carbocycles. The van der Waals surface area contributed by atoms with E-state index in [1.54, 1.807) is 0 Å². The molecule has 0 radical (unpaired) electrons. The Balaban J connectivity index is 1.39. The maximum absolute atomic E-state index is 12.0. The van der Waals surface area contributed by atoms with Crippen molar-refractivity contribution < 1.29 is 9.53 Å². The molecule has 0 aliphatic carbocycles. The zero-order chi connectivity index (χ0) is 17.5. The Hall–Kier alpha value is -2.08. The molecule has 1 N–H and O–H groups in total. The van der Waals surface area contributed by atoms with Gasteiger partial charge >= 0.3 is 0 Å². The minimum atomic E-state index is -0.0443. The molecule has 1 aliphatic heterocycles. The molecule has 0 unspecified atom stereocenters. The fourth-order valence-corrected chi connectivity index (χ4v) is 3.20. The number of rotatable bonds is 7. The highest BCUT2D eigenvalue weighted by molar-refractivity contribution is 9.10. The number of hydrogen-bond acceptors (Lipinski definition) is 4. The molecule has 6 heteroatoms. The van der Waals surface area contributed by atoms with Crippen LogP contribution >= 0.6 is 15.9 Å². The molecule has 1 aromatic heterocycles. The van der Waals surface area contributed by atoms with Crippen molar-refractivity contribution in [3.8, 4) is 5.75 Å². The molecule has 25 heavy (non-hydrogen) atoms. The second kappa shape index (κ2) is 8.85. The van der Waals surface area contributed by atoms with Crippen molar-refractivity contribution in [1.29, 1.82) is 0 Å². The van der Waals surface area contributed by atoms with E-state index in [2.05, 4.69) is 31.1 Å². The minimum Gasteiger partial charge on any atom is -0.492 e. The van der Waals surface area contributed by atoms with E-state index in [0.717, 1.165) is 29.0 Å². The van der Waals surface area contributed by atoms with Crippen LogP contribution in [0.15, 0.2) is 47.1 Å². The molecule has 0 bridgehead atoms. The normalized spacial score (nSPS) is 13.7. The van der Waals surface area contributed by atoms with Crippen LogP contribution < -0.4 is 15.0 Å². The monoisotopic (exact) mass is 403 g/mol. The molecule has 2 heterocycles. The molecule has 2 aromatic rings. The average molecular weight is 404 g/mol. The van der Waals surface area contributed by atoms with Gasteiger partial charge in [-0.2, -0.15) is 0 Å². The van der Waals surface area contributed by atoms with Crippen LogP contribution in [-0.4, -0.2) is 30.6 Å². The van der Waals surface area contributed by atoms with Crippen LogP contribution in [0.5, 0.6) is 5.75 Å². The number of para-hydroxylation sites is 1. The molecule has 1 aromatic carbocycles. The number of nitrogens with zero attached hydrogens (tertiary/aromatic N) is 2. The van der Waals surface area contributed by atoms with Gasteiger partial charge in [0, 0.05) is 19.5 Å². The van der Waals surface area contributed by atoms with E-state index < -0.39 is 0 Å². The van der Waals surface area contributed by atoms with Gasteiger partial charge in [-0.25, -0.2) is 4.98 Å². The second-order valence-corrected chi connectivity index (χ2v) is 6.88. The number of pyridine rings is 1. The zero-order valence-electron chi connectivity index (χ0n) is 14.1. The summed E-state index contributed by atoms with van der Waals surface area (Å²) in [7, 11) is 0. The first-order valence-electron chi connectivity index (χ1n) is 8.60. The number of nitrogens with one attached hydrogen (secondary N) is 1. The highest BCUT2D eigenvalue weighted by Crippen LogP contribution is 2.24. The first-order chi connectivity index (χ1) is 12.2. The second-order valence-electron chi connectivity index (χ2n) is 6.03. The quantitative estimate of drug-likeness (QED) is 0.702. The van der Waals surface area contributed by atoms with Gasteiger partial charge in [-0.15, -0.1) is 0 Å². The Labute approximate surface area is 156 Å². The first kappa shape index (κ1) is 17.7. The van der Waals surface area contributed by atoms with Crippen molar-refractivity contribution in [2.45, 2.75) is 25.7 Å². The third-order valence-corrected chi connectivity index (χ3v) is 4.78. The van der Waals surface area contributed by atoms with Gasteiger partial charge < -0.3 is 15.0 Å². The van der Waals surface area contributed by atoms with Crippen molar-refractivity contribution in [1.82, 2.24) is 4.98 Å². The smallest absolute Gasteiger partial charge is 0.225 e. The van der Waals surface area contributed by atoms with Crippen molar-refractivity contribution >= 4 is 33.3 Å². The van der Waals surface area contributed by atoms with Crippen molar-refractivity contribution in [2.75, 3.05) is 29.9 Å². The van der Waals surface area contributed by atoms with E-state index in [1.807, 2.05) is 42.6 Å². The van der Waals surface area contributed by atoms with Crippen LogP contribution in [0.1, 0.15) is 25.7 Å². The average Bonchev–Trinajstić information content (AvgIpc) is 3.15. The van der Waals surface area contributed by atoms with Crippen LogP contribution in [0.25, 0.3) is 0 Å². The predicted octanol–water partition coefficient (Wildman–Crippen LogP) is 4.24. The Kier molecular flexibility index (Phi) is 6.28. The Morgan fingerprint density at radius 3 is 2.72 bits per heavy atom. The Morgan fingerprint density at radius 1 is 1.20 bits per heavy atom. The zero-order valence-corrected chi connectivity index (χ0v) is 15.7. The Morgan fingerprint density at radius 2 is 2.00 bits per heavy atom. The summed E-state index contributed by atoms with van der Waals surface area (Å²) in [6.45, 7) is 2.67. The summed E-state index contributed by atoms with van der Waals surface area (Å²) in [5.41, 5.74) is 1.12. The van der Waals surface area contributed by atoms with Crippen LogP contribution in [0, 0.1) is 0 Å². The molecule has 1 amide bonds. The van der Waals surface area contributed by atoms with Gasteiger partial charge in [-0.3, -0.25) is 4.79 Å². The fourth-order valence-electron chi connectivity index (χ4n) is 2.80. The summed E-state index contributed by atoms with van der Waals surface area (Å²) >= 11 is 3.44. The lowest BCUT2D eigenvalue weighted by molar-refractivity contribution is -0.116. The molecular formula is C19H22BrN3O2. The third-order valence-electron chi connectivity index (χ3n) is 4.13. The van der Waals surface area contributed by atoms with Gasteiger partial charge in [0.2, 0.25) is 5.91 Å². The molecule has 1 fully saturated rings. The topological polar surface area (TPSA) is 54.5 Å². The highest BCUT2D eigenvalue weighted by Gasteiger charge is 2.12. The van der Waals surface area contributed by atoms with Gasteiger partial charge in [0.15, 0.2) is 0 Å². The number of ether oxygens (including phenoxy) is 1. The van der Waals surface area contributed by atoms with Gasteiger partial charge in [0.05, 0.1) is 23.0 Å². The Bertz CT molecular complexity index is 700. The minimum absolute atomic E-state index is 0.0443. The number of halogens is 1. The number of aromatic nitrogens is 1. The van der Waals surface area contributed by atoms with Crippen LogP contribution in [-0.2, 0) is 4.79 Å². The standard InChI is InChI=1S/C19H22BrN3O2/c20-16-6-1-2-7-17(16)25-13-5-8-19(24)22-18-10-9-15(14-21-18)23-11-3-4-12-23/h1-2,6-7,9-10,14H,3-5,8,11-13H2,(H,21,22,24). The van der Waals surface area contributed by atoms with Crippen molar-refractivity contribution in [2.24, 2.45) is 0 Å². The largest absolute Gasteiger partial charge is 0.492 e. The van der Waals surface area contributed by atoms with E-state index in [9.17, 15) is 4.79 Å². The SMILES string of the molecule is O=C(CCCOc1ccccc1Br)Nc1ccc(N2CCCC2)cn1. The molecule has 1 aliphatic rings. The molecule has 1 saturated heterocycles. The number of amides is 1. The molecule has 3 rings (SSSR count). The molecule has 132 valence electrons. The van der Waals surface area contributed by atoms with Gasteiger partial charge in [-0.05, 0) is 59.5 Å². The van der Waals surface area contributed by atoms with E-state index in [4.69, 9.17) is 4.74 Å². The van der Waals surface area contributed by atoms with E-state index in [0.29, 0.717) is 25.3 Å². The lowest BCUT2D eigenvalue weighted by Crippen LogP contribution is -2.18. The number of anilines is 2. The van der Waals surface area contributed by atoms with Crippen molar-refractivity contribution in [3.63, 3.8) is 0 Å². The van der Waals surface area contributed by atoms with Gasteiger partial charge in [0.25, 0.3) is 0 Å². The fraction of sp³-hybridized carbons (Fsp3) is 0.368. The van der Waals surface area contributed by atoms with E-state index in [1.165, 1.54) is 12.8 Å². The van der Waals surface area contributed by atoms with E-state index >= 15 is 0 Å². The van der Waals surface area contributed by atoms with Crippen LogP contribution in [0.3, 0.4) is 0 Å². The maximum atomic E-state index is 12.0. The van der Waals surface area contributed by atoms with Gasteiger partial charge in [0.1, 0.15) is 11.6 Å². The molecule has 0 atom stereocenters. The van der Waals surface area contributed by atoms with E-state index in [-0.39, 0.29) is 5.91 Å². The first-order valence-corrected chi connectivity index (χ1v) is 9.40. The number of carbonyl (C=O) groups excluding carboxylic acids is 1. The number of carbonyl (C=O) groups is 1. The number of hydrogen-bond donors (Lipinski definition) is 1. The summed E-state index contributed by atoms with van der Waals surface area (Å²) < 4.78 is 6.58. The highest BCUT2D eigenvalue weighted by atomic mass is 79.9. The summed E-state index contributed by atoms with van der Waals surface area (Å²) in [6, 6.07) is 11.6. The van der Waals surface area contributed by atoms with Crippen molar-refractivity contribution in [3.05, 3.63) is 47.1 Å². The summed E-state index contributed by atoms with van der Waals surface area (Å²) in [5.74, 6) is 1.35. The lowest BCUT2D eigenvalue weighted by atomic mass is 10.3. The summed E-state index contributed by atoms with van der Waals surface area (Å²) in [5, 5.41) is 2.84. The van der Waals surface area contributed by atoms with Gasteiger partial charge in [-0.1, -0.05) is 12.1 Å². The molecular weight excluding hydrogens is 382 g/mol. The number of benzene rings is 1. The van der Waals surface area contributed by atoms with Crippen LogP contribution in [0.4, 0.5) is 11.5 Å². The molecule has 5 nitrogen and oxygen atoms in total. The maximum Gasteiger partial charge on any atom is 0.225 e. The lowest BCUT2D eigenvalue weighted by Gasteiger charge is -2.17. The third kappa shape index (κ3) is 5.19. The molecule has 0 spiro atoms. The summed E-state index contributed by atoms with van der Waals surface area (Å²) in [6.07, 6.45) is 5.36. The summed E-state index contributed by atoms with van der Waals surface area (Å²) in [4.78, 5) is 18.7. The predicted molar refractivity (Wildman–Crippen MR) is 103 cm³/mol.